The standard InChI is InChI=1S/C10H10Cl3NO4S2/c1-19(16)3-2-14-10(15)6-4-7(11)9(12)8(5-6)20(13,17)18/h4-5H,2-3H2,1H3,(H,14,15). The van der Waals surface area contributed by atoms with Crippen LogP contribution in [0.25, 0.3) is 0 Å². The van der Waals surface area contributed by atoms with Gasteiger partial charge in [-0.1, -0.05) is 23.2 Å². The first kappa shape index (κ1) is 17.7. The van der Waals surface area contributed by atoms with Gasteiger partial charge in [-0.3, -0.25) is 9.00 Å². The average Bonchev–Trinajstić information content (AvgIpc) is 2.30. The second kappa shape index (κ2) is 7.09. The molecule has 5 nitrogen and oxygen atoms in total. The van der Waals surface area contributed by atoms with Gasteiger partial charge in [-0.25, -0.2) is 8.42 Å². The second-order valence-corrected chi connectivity index (χ2v) is 8.62. The third-order valence-electron chi connectivity index (χ3n) is 2.19. The highest BCUT2D eigenvalue weighted by Gasteiger charge is 2.20. The minimum Gasteiger partial charge on any atom is -0.351 e. The van der Waals surface area contributed by atoms with Crippen LogP contribution in [0.2, 0.25) is 10.0 Å². The van der Waals surface area contributed by atoms with Crippen LogP contribution in [0.15, 0.2) is 17.0 Å². The van der Waals surface area contributed by atoms with E-state index >= 15 is 0 Å². The summed E-state index contributed by atoms with van der Waals surface area (Å²) in [5.41, 5.74) is 0.000473. The highest BCUT2D eigenvalue weighted by Crippen LogP contribution is 2.32. The lowest BCUT2D eigenvalue weighted by atomic mass is 10.2. The molecule has 0 saturated heterocycles. The number of halogens is 3. The molecule has 0 aliphatic rings. The number of nitrogens with one attached hydrogen (secondary N) is 1. The molecule has 1 N–H and O–H groups in total. The third kappa shape index (κ3) is 4.89. The van der Waals surface area contributed by atoms with Gasteiger partial charge in [0.25, 0.3) is 15.0 Å². The van der Waals surface area contributed by atoms with E-state index in [0.29, 0.717) is 0 Å². The number of amides is 1. The predicted molar refractivity (Wildman–Crippen MR) is 80.8 cm³/mol. The zero-order valence-electron chi connectivity index (χ0n) is 10.2. The normalized spacial score (nSPS) is 13.0. The SMILES string of the molecule is CS(=O)CCNC(=O)c1cc(Cl)c(Cl)c(S(=O)(=O)Cl)c1. The molecule has 0 spiro atoms. The van der Waals surface area contributed by atoms with Crippen molar-refractivity contribution in [2.75, 3.05) is 18.6 Å². The van der Waals surface area contributed by atoms with E-state index in [9.17, 15) is 17.4 Å². The van der Waals surface area contributed by atoms with Crippen molar-refractivity contribution in [1.82, 2.24) is 5.32 Å². The summed E-state index contributed by atoms with van der Waals surface area (Å²) >= 11 is 11.5. The van der Waals surface area contributed by atoms with Crippen molar-refractivity contribution >= 4 is 59.6 Å². The summed E-state index contributed by atoms with van der Waals surface area (Å²) in [7, 11) is 0.0530. The maximum Gasteiger partial charge on any atom is 0.262 e. The van der Waals surface area contributed by atoms with Crippen LogP contribution in [-0.4, -0.2) is 37.1 Å². The molecule has 1 unspecified atom stereocenters. The summed E-state index contributed by atoms with van der Waals surface area (Å²) < 4.78 is 33.5. The minimum absolute atomic E-state index is 0.000473. The first-order valence-corrected chi connectivity index (χ1v) is 9.94. The molecule has 0 aliphatic heterocycles. The molecule has 10 heteroatoms. The third-order valence-corrected chi connectivity index (χ3v) is 5.23. The largest absolute Gasteiger partial charge is 0.351 e. The van der Waals surface area contributed by atoms with Crippen LogP contribution in [0, 0.1) is 0 Å². The van der Waals surface area contributed by atoms with Crippen LogP contribution < -0.4 is 5.32 Å². The summed E-state index contributed by atoms with van der Waals surface area (Å²) in [6.45, 7) is 0.186. The highest BCUT2D eigenvalue weighted by molar-refractivity contribution is 8.13. The van der Waals surface area contributed by atoms with Gasteiger partial charge in [0.1, 0.15) is 4.90 Å². The van der Waals surface area contributed by atoms with Gasteiger partial charge in [0.15, 0.2) is 0 Å². The molecule has 1 aromatic rings. The number of carbonyl (C=O) groups excluding carboxylic acids is 1. The molecule has 20 heavy (non-hydrogen) atoms. The molecule has 0 fully saturated rings. The smallest absolute Gasteiger partial charge is 0.262 e. The number of rotatable bonds is 5. The molecular weight excluding hydrogens is 369 g/mol. The minimum atomic E-state index is -4.12. The monoisotopic (exact) mass is 377 g/mol. The molecule has 0 aromatic heterocycles. The van der Waals surface area contributed by atoms with Gasteiger partial charge in [0, 0.05) is 45.6 Å². The Morgan fingerprint density at radius 1 is 1.35 bits per heavy atom. The van der Waals surface area contributed by atoms with Crippen LogP contribution in [0.4, 0.5) is 0 Å². The molecule has 1 aromatic carbocycles. The van der Waals surface area contributed by atoms with Gasteiger partial charge in [-0.05, 0) is 12.1 Å². The Bertz CT molecular complexity index is 661. The Kier molecular flexibility index (Phi) is 6.27. The Labute approximate surface area is 133 Å². The molecule has 0 radical (unpaired) electrons. The molecule has 1 rings (SSSR count). The quantitative estimate of drug-likeness (QED) is 0.795. The van der Waals surface area contributed by atoms with Crippen LogP contribution in [0.1, 0.15) is 10.4 Å². The summed E-state index contributed by atoms with van der Waals surface area (Å²) in [5.74, 6) is -0.274. The van der Waals surface area contributed by atoms with E-state index in [4.69, 9.17) is 33.9 Å². The molecule has 1 amide bonds. The number of carbonyl (C=O) groups is 1. The summed E-state index contributed by atoms with van der Waals surface area (Å²) in [6, 6.07) is 2.27. The Morgan fingerprint density at radius 2 is 1.95 bits per heavy atom. The van der Waals surface area contributed by atoms with E-state index in [1.807, 2.05) is 0 Å². The Morgan fingerprint density at radius 3 is 2.45 bits per heavy atom. The van der Waals surface area contributed by atoms with Crippen molar-refractivity contribution in [3.63, 3.8) is 0 Å². The van der Waals surface area contributed by atoms with Crippen LogP contribution >= 0.6 is 33.9 Å². The first-order chi connectivity index (χ1) is 9.12. The fourth-order valence-electron chi connectivity index (χ4n) is 1.28. The predicted octanol–water partition coefficient (Wildman–Crippen LogP) is 2.03. The summed E-state index contributed by atoms with van der Waals surface area (Å²) in [4.78, 5) is 11.4. The summed E-state index contributed by atoms with van der Waals surface area (Å²) in [6.07, 6.45) is 1.50. The number of hydrogen-bond donors (Lipinski definition) is 1. The van der Waals surface area contributed by atoms with Gasteiger partial charge in [0.05, 0.1) is 10.0 Å². The lowest BCUT2D eigenvalue weighted by Gasteiger charge is -2.08. The van der Waals surface area contributed by atoms with E-state index in [0.717, 1.165) is 6.07 Å². The van der Waals surface area contributed by atoms with Crippen molar-refractivity contribution in [2.45, 2.75) is 4.90 Å². The van der Waals surface area contributed by atoms with Crippen LogP contribution in [0.3, 0.4) is 0 Å². The summed E-state index contributed by atoms with van der Waals surface area (Å²) in [5, 5.41) is 2.14. The van der Waals surface area contributed by atoms with E-state index in [2.05, 4.69) is 5.32 Å². The molecule has 0 saturated carbocycles. The molecule has 112 valence electrons. The number of benzene rings is 1. The Balaban J connectivity index is 3.05. The van der Waals surface area contributed by atoms with Crippen molar-refractivity contribution in [2.24, 2.45) is 0 Å². The highest BCUT2D eigenvalue weighted by atomic mass is 35.7. The second-order valence-electron chi connectivity index (χ2n) is 3.74. The maximum atomic E-state index is 11.8. The van der Waals surface area contributed by atoms with Gasteiger partial charge < -0.3 is 5.32 Å². The zero-order chi connectivity index (χ0) is 15.5. The van der Waals surface area contributed by atoms with E-state index < -0.39 is 30.7 Å². The van der Waals surface area contributed by atoms with E-state index in [1.165, 1.54) is 12.3 Å². The van der Waals surface area contributed by atoms with Crippen LogP contribution in [0.5, 0.6) is 0 Å². The topological polar surface area (TPSA) is 80.3 Å². The first-order valence-electron chi connectivity index (χ1n) is 5.15. The van der Waals surface area contributed by atoms with Gasteiger partial charge in [-0.2, -0.15) is 0 Å². The maximum absolute atomic E-state index is 11.8. The molecule has 0 bridgehead atoms. The molecule has 1 atom stereocenters. The van der Waals surface area contributed by atoms with E-state index in [-0.39, 0.29) is 27.9 Å². The van der Waals surface area contributed by atoms with E-state index in [1.54, 1.807) is 0 Å². The van der Waals surface area contributed by atoms with Gasteiger partial charge in [-0.15, -0.1) is 0 Å². The van der Waals surface area contributed by atoms with Gasteiger partial charge in [0.2, 0.25) is 0 Å². The van der Waals surface area contributed by atoms with Crippen LogP contribution in [-0.2, 0) is 19.9 Å². The fraction of sp³-hybridized carbons (Fsp3) is 0.300. The zero-order valence-corrected chi connectivity index (χ0v) is 14.1. The molecular formula is C10H10Cl3NO4S2. The fourth-order valence-corrected chi connectivity index (χ4v) is 3.44. The van der Waals surface area contributed by atoms with Crippen molar-refractivity contribution in [3.8, 4) is 0 Å². The van der Waals surface area contributed by atoms with Crippen molar-refractivity contribution < 1.29 is 17.4 Å². The van der Waals surface area contributed by atoms with Gasteiger partial charge >= 0.3 is 0 Å². The lowest BCUT2D eigenvalue weighted by Crippen LogP contribution is -2.27. The Hall–Kier alpha value is -0.340. The average molecular weight is 379 g/mol. The number of hydrogen-bond acceptors (Lipinski definition) is 4. The molecule has 0 heterocycles. The van der Waals surface area contributed by atoms with Crippen molar-refractivity contribution in [3.05, 3.63) is 27.7 Å². The molecule has 0 aliphatic carbocycles. The van der Waals surface area contributed by atoms with Crippen molar-refractivity contribution in [1.29, 1.82) is 0 Å². The lowest BCUT2D eigenvalue weighted by molar-refractivity contribution is 0.0956.